The zero-order valence-electron chi connectivity index (χ0n) is 30.2. The fourth-order valence-corrected chi connectivity index (χ4v) is 9.61. The Morgan fingerprint density at radius 1 is 0.352 bits per heavy atom. The van der Waals surface area contributed by atoms with Gasteiger partial charge in [0.2, 0.25) is 0 Å². The largest absolute Gasteiger partial charge is 0.228 e. The van der Waals surface area contributed by atoms with Crippen molar-refractivity contribution in [3.05, 3.63) is 214 Å². The lowest BCUT2D eigenvalue weighted by Crippen LogP contribution is -2.30. The molecule has 0 aliphatic heterocycles. The Morgan fingerprint density at radius 3 is 1.63 bits per heavy atom. The summed E-state index contributed by atoms with van der Waals surface area (Å²) in [5, 5.41) is 0. The Morgan fingerprint density at radius 2 is 0.889 bits per heavy atom. The Bertz CT molecular complexity index is 2790. The van der Waals surface area contributed by atoms with Crippen molar-refractivity contribution in [2.24, 2.45) is 0 Å². The van der Waals surface area contributed by atoms with Gasteiger partial charge in [0.1, 0.15) is 0 Å². The first-order chi connectivity index (χ1) is 26.5. The van der Waals surface area contributed by atoms with E-state index >= 15 is 0 Å². The van der Waals surface area contributed by atoms with Gasteiger partial charge in [-0.15, -0.1) is 0 Å². The first kappa shape index (κ1) is 30.9. The van der Waals surface area contributed by atoms with Crippen molar-refractivity contribution < 1.29 is 0 Å². The van der Waals surface area contributed by atoms with Crippen molar-refractivity contribution in [2.45, 2.75) is 24.7 Å². The van der Waals surface area contributed by atoms with Crippen LogP contribution in [0.15, 0.2) is 170 Å². The fraction of sp³-hybridized carbons (Fsp3) is 0.0769. The van der Waals surface area contributed by atoms with Gasteiger partial charge in [-0.3, -0.25) is 0 Å². The van der Waals surface area contributed by atoms with Crippen molar-refractivity contribution in [3.8, 4) is 56.2 Å². The van der Waals surface area contributed by atoms with Crippen LogP contribution < -0.4 is 0 Å². The molecule has 3 aliphatic rings. The van der Waals surface area contributed by atoms with Crippen LogP contribution in [0.25, 0.3) is 68.3 Å². The summed E-state index contributed by atoms with van der Waals surface area (Å²) in [5.74, 6) is 0.718. The maximum absolute atomic E-state index is 5.28. The summed E-state index contributed by atoms with van der Waals surface area (Å²) >= 11 is 0. The fourth-order valence-electron chi connectivity index (χ4n) is 9.61. The molecule has 0 saturated carbocycles. The monoisotopic (exact) mass is 688 g/mol. The van der Waals surface area contributed by atoms with Crippen molar-refractivity contribution in [3.63, 3.8) is 0 Å². The zero-order chi connectivity index (χ0) is 36.0. The highest BCUT2D eigenvalue weighted by molar-refractivity contribution is 5.95. The molecule has 0 bridgehead atoms. The number of benzene rings is 7. The third-order valence-corrected chi connectivity index (χ3v) is 12.1. The van der Waals surface area contributed by atoms with Gasteiger partial charge in [-0.1, -0.05) is 172 Å². The van der Waals surface area contributed by atoms with Crippen LogP contribution in [0, 0.1) is 0 Å². The smallest absolute Gasteiger partial charge is 0.160 e. The van der Waals surface area contributed by atoms with E-state index in [1.54, 1.807) is 0 Å². The summed E-state index contributed by atoms with van der Waals surface area (Å²) in [6.07, 6.45) is 4.62. The Kier molecular flexibility index (Phi) is 6.55. The lowest BCUT2D eigenvalue weighted by molar-refractivity contribution is 0.660. The third kappa shape index (κ3) is 4.28. The van der Waals surface area contributed by atoms with Gasteiger partial charge < -0.3 is 0 Å². The third-order valence-electron chi connectivity index (χ3n) is 12.1. The number of fused-ring (bicyclic) bond motifs is 12. The Balaban J connectivity index is 1.22. The van der Waals surface area contributed by atoms with E-state index in [1.807, 2.05) is 12.1 Å². The predicted octanol–water partition coefficient (Wildman–Crippen LogP) is 12.6. The maximum Gasteiger partial charge on any atom is 0.160 e. The first-order valence-electron chi connectivity index (χ1n) is 18.8. The van der Waals surface area contributed by atoms with E-state index in [0.29, 0.717) is 0 Å². The van der Waals surface area contributed by atoms with Crippen LogP contribution in [0.1, 0.15) is 58.4 Å². The number of aromatic nitrogens is 2. The van der Waals surface area contributed by atoms with E-state index < -0.39 is 5.41 Å². The minimum Gasteiger partial charge on any atom is -0.228 e. The first-order valence-corrected chi connectivity index (χ1v) is 18.8. The van der Waals surface area contributed by atoms with Crippen LogP contribution in [-0.2, 0) is 10.8 Å². The van der Waals surface area contributed by atoms with E-state index in [1.165, 1.54) is 66.8 Å². The van der Waals surface area contributed by atoms with Gasteiger partial charge in [0.15, 0.2) is 5.82 Å². The molecule has 1 spiro atoms. The second-order valence-electron chi connectivity index (χ2n) is 15.3. The van der Waals surface area contributed by atoms with Gasteiger partial charge in [0.25, 0.3) is 0 Å². The lowest BCUT2D eigenvalue weighted by atomic mass is 9.65. The highest BCUT2D eigenvalue weighted by atomic mass is 14.9. The summed E-state index contributed by atoms with van der Waals surface area (Å²) in [6.45, 7) is 4.75. The number of nitrogens with zero attached hydrogens (tertiary/aromatic N) is 2. The van der Waals surface area contributed by atoms with Gasteiger partial charge in [0, 0.05) is 22.1 Å². The molecule has 8 aromatic rings. The number of hydrogen-bond acceptors (Lipinski definition) is 2. The summed E-state index contributed by atoms with van der Waals surface area (Å²) in [6, 6.07) is 62.0. The van der Waals surface area contributed by atoms with Gasteiger partial charge in [-0.05, 0) is 91.0 Å². The van der Waals surface area contributed by atoms with E-state index in [-0.39, 0.29) is 5.41 Å². The molecule has 54 heavy (non-hydrogen) atoms. The number of rotatable bonds is 3. The van der Waals surface area contributed by atoms with Crippen molar-refractivity contribution in [1.82, 2.24) is 9.97 Å². The van der Waals surface area contributed by atoms with Crippen LogP contribution in [0.5, 0.6) is 0 Å². The minimum atomic E-state index is -0.564. The SMILES string of the molecule is CC1(C)c2ccccc2-c2cc3c(cc21)-c1ccccc1C31c2ccccc2C=Cc2ccc(-c3cc(-c4ccccc4)nc(-c4ccccc4)n3)cc21. The molecule has 1 aromatic heterocycles. The molecular weight excluding hydrogens is 653 g/mol. The molecule has 0 fully saturated rings. The normalized spacial score (nSPS) is 16.5. The van der Waals surface area contributed by atoms with Crippen LogP contribution in [0.4, 0.5) is 0 Å². The molecule has 1 unspecified atom stereocenters. The number of hydrogen-bond donors (Lipinski definition) is 0. The van der Waals surface area contributed by atoms with Gasteiger partial charge in [0.05, 0.1) is 16.8 Å². The molecule has 7 aromatic carbocycles. The maximum atomic E-state index is 5.28. The van der Waals surface area contributed by atoms with Crippen LogP contribution in [0.3, 0.4) is 0 Å². The molecule has 11 rings (SSSR count). The molecule has 254 valence electrons. The molecule has 2 nitrogen and oxygen atoms in total. The molecule has 0 N–H and O–H groups in total. The predicted molar refractivity (Wildman–Crippen MR) is 222 cm³/mol. The highest BCUT2D eigenvalue weighted by Crippen LogP contribution is 2.61. The van der Waals surface area contributed by atoms with Crippen LogP contribution in [0.2, 0.25) is 0 Å². The van der Waals surface area contributed by atoms with Crippen LogP contribution >= 0.6 is 0 Å². The van der Waals surface area contributed by atoms with E-state index in [0.717, 1.165) is 33.9 Å². The quantitative estimate of drug-likeness (QED) is 0.185. The van der Waals surface area contributed by atoms with Gasteiger partial charge in [-0.25, -0.2) is 9.97 Å². The van der Waals surface area contributed by atoms with E-state index in [4.69, 9.17) is 9.97 Å². The highest BCUT2D eigenvalue weighted by Gasteiger charge is 2.50. The summed E-state index contributed by atoms with van der Waals surface area (Å²) in [4.78, 5) is 10.4. The standard InChI is InChI=1S/C52H36N2/c1-51(2)43-23-13-10-20-38(43)40-31-47-41(30-46(40)51)39-21-11-14-24-44(39)52(47)42-22-12-9-15-33(42)25-26-34-27-28-37(29-45(34)52)49-32-48(35-16-5-3-6-17-35)53-50(54-49)36-18-7-4-8-19-36/h3-32H,1-2H3. The average molecular weight is 689 g/mol. The van der Waals surface area contributed by atoms with E-state index in [9.17, 15) is 0 Å². The molecular formula is C52H36N2. The Labute approximate surface area is 316 Å². The minimum absolute atomic E-state index is 0.0976. The average Bonchev–Trinajstić information content (AvgIpc) is 3.58. The summed E-state index contributed by atoms with van der Waals surface area (Å²) in [7, 11) is 0. The van der Waals surface area contributed by atoms with Gasteiger partial charge >= 0.3 is 0 Å². The molecule has 0 saturated heterocycles. The molecule has 3 aliphatic carbocycles. The van der Waals surface area contributed by atoms with Crippen molar-refractivity contribution >= 4 is 12.2 Å². The van der Waals surface area contributed by atoms with Crippen molar-refractivity contribution in [2.75, 3.05) is 0 Å². The molecule has 0 amide bonds. The second-order valence-corrected chi connectivity index (χ2v) is 15.3. The van der Waals surface area contributed by atoms with Crippen molar-refractivity contribution in [1.29, 1.82) is 0 Å². The van der Waals surface area contributed by atoms with E-state index in [2.05, 4.69) is 184 Å². The summed E-state index contributed by atoms with van der Waals surface area (Å²) in [5.41, 5.74) is 20.0. The molecule has 1 heterocycles. The topological polar surface area (TPSA) is 25.8 Å². The summed E-state index contributed by atoms with van der Waals surface area (Å²) < 4.78 is 0. The Hall–Kier alpha value is -6.64. The zero-order valence-corrected chi connectivity index (χ0v) is 30.2. The second kappa shape index (κ2) is 11.4. The van der Waals surface area contributed by atoms with Crippen LogP contribution in [-0.4, -0.2) is 9.97 Å². The molecule has 2 heteroatoms. The van der Waals surface area contributed by atoms with Gasteiger partial charge in [-0.2, -0.15) is 0 Å². The molecule has 1 atom stereocenters. The molecule has 0 radical (unpaired) electrons. The lowest BCUT2D eigenvalue weighted by Gasteiger charge is -2.36.